The van der Waals surface area contributed by atoms with Crippen molar-refractivity contribution >= 4 is 22.5 Å². The molecule has 3 rings (SSSR count). The van der Waals surface area contributed by atoms with E-state index in [1.54, 1.807) is 0 Å². The van der Waals surface area contributed by atoms with Gasteiger partial charge in [0.2, 0.25) is 5.91 Å². The van der Waals surface area contributed by atoms with Crippen LogP contribution in [-0.2, 0) is 4.79 Å². The quantitative estimate of drug-likeness (QED) is 0.775. The van der Waals surface area contributed by atoms with Crippen LogP contribution in [0.3, 0.4) is 0 Å². The smallest absolute Gasteiger partial charge is 0.227 e. The summed E-state index contributed by atoms with van der Waals surface area (Å²) in [5, 5.41) is 13.5. The van der Waals surface area contributed by atoms with Crippen LogP contribution < -0.4 is 5.32 Å². The van der Waals surface area contributed by atoms with Gasteiger partial charge in [0.15, 0.2) is 0 Å². The van der Waals surface area contributed by atoms with Crippen LogP contribution in [0.1, 0.15) is 25.7 Å². The highest BCUT2D eigenvalue weighted by atomic mass is 16.3. The third-order valence-corrected chi connectivity index (χ3v) is 3.91. The number of H-pyrrole nitrogens is 1. The number of aliphatic hydroxyl groups excluding tert-OH is 1. The van der Waals surface area contributed by atoms with E-state index in [0.717, 1.165) is 42.3 Å². The maximum atomic E-state index is 12.2. The molecule has 0 bridgehead atoms. The molecule has 0 radical (unpaired) electrons. The number of carbonyl (C=O) groups is 1. The maximum absolute atomic E-state index is 12.2. The van der Waals surface area contributed by atoms with E-state index < -0.39 is 0 Å². The summed E-state index contributed by atoms with van der Waals surface area (Å²) in [6.45, 7) is 0. The lowest BCUT2D eigenvalue weighted by molar-refractivity contribution is -0.121. The summed E-state index contributed by atoms with van der Waals surface area (Å²) in [4.78, 5) is 15.4. The molecule has 0 saturated heterocycles. The summed E-state index contributed by atoms with van der Waals surface area (Å²) in [5.41, 5.74) is 1.86. The van der Waals surface area contributed by atoms with Crippen molar-refractivity contribution in [2.45, 2.75) is 31.8 Å². The first-order chi connectivity index (χ1) is 9.24. The molecular formula is C15H18N2O2. The molecule has 0 aliphatic heterocycles. The highest BCUT2D eigenvalue weighted by molar-refractivity contribution is 6.02. The summed E-state index contributed by atoms with van der Waals surface area (Å²) in [6.07, 6.45) is 4.61. The first kappa shape index (κ1) is 12.2. The average Bonchev–Trinajstić information content (AvgIpc) is 2.83. The monoisotopic (exact) mass is 258 g/mol. The van der Waals surface area contributed by atoms with Gasteiger partial charge in [0.1, 0.15) is 0 Å². The molecule has 1 amide bonds. The molecule has 1 aromatic heterocycles. The van der Waals surface area contributed by atoms with E-state index in [4.69, 9.17) is 0 Å². The Kier molecular flexibility index (Phi) is 3.25. The van der Waals surface area contributed by atoms with Crippen molar-refractivity contribution in [2.75, 3.05) is 5.32 Å². The fourth-order valence-corrected chi connectivity index (χ4v) is 2.75. The van der Waals surface area contributed by atoms with Gasteiger partial charge < -0.3 is 15.4 Å². The molecule has 100 valence electrons. The molecule has 0 unspecified atom stereocenters. The van der Waals surface area contributed by atoms with E-state index in [1.807, 2.05) is 30.5 Å². The topological polar surface area (TPSA) is 65.1 Å². The van der Waals surface area contributed by atoms with Crippen LogP contribution in [-0.4, -0.2) is 22.1 Å². The molecule has 1 aliphatic rings. The average molecular weight is 258 g/mol. The minimum absolute atomic E-state index is 0.0251. The van der Waals surface area contributed by atoms with Gasteiger partial charge in [0, 0.05) is 23.0 Å². The van der Waals surface area contributed by atoms with Crippen molar-refractivity contribution in [3.8, 4) is 0 Å². The summed E-state index contributed by atoms with van der Waals surface area (Å²) >= 11 is 0. The number of para-hydroxylation sites is 1. The molecule has 1 aromatic carbocycles. The third-order valence-electron chi connectivity index (χ3n) is 3.91. The predicted molar refractivity (Wildman–Crippen MR) is 74.9 cm³/mol. The van der Waals surface area contributed by atoms with Crippen molar-refractivity contribution in [3.05, 3.63) is 30.5 Å². The Morgan fingerprint density at radius 2 is 1.95 bits per heavy atom. The van der Waals surface area contributed by atoms with Crippen LogP contribution in [0, 0.1) is 5.92 Å². The number of aromatic amines is 1. The highest BCUT2D eigenvalue weighted by Crippen LogP contribution is 2.27. The first-order valence-corrected chi connectivity index (χ1v) is 6.79. The largest absolute Gasteiger partial charge is 0.393 e. The fourth-order valence-electron chi connectivity index (χ4n) is 2.75. The second-order valence-electron chi connectivity index (χ2n) is 5.24. The number of hydrogen-bond acceptors (Lipinski definition) is 2. The molecule has 0 atom stereocenters. The van der Waals surface area contributed by atoms with Gasteiger partial charge in [-0.05, 0) is 31.7 Å². The van der Waals surface area contributed by atoms with Gasteiger partial charge in [-0.25, -0.2) is 0 Å². The van der Waals surface area contributed by atoms with Gasteiger partial charge in [0.25, 0.3) is 0 Å². The lowest BCUT2D eigenvalue weighted by Gasteiger charge is -2.24. The van der Waals surface area contributed by atoms with E-state index >= 15 is 0 Å². The molecule has 1 heterocycles. The number of fused-ring (bicyclic) bond motifs is 1. The van der Waals surface area contributed by atoms with Gasteiger partial charge in [-0.3, -0.25) is 4.79 Å². The zero-order valence-electron chi connectivity index (χ0n) is 10.7. The van der Waals surface area contributed by atoms with Crippen molar-refractivity contribution in [1.29, 1.82) is 0 Å². The van der Waals surface area contributed by atoms with Crippen LogP contribution in [0.5, 0.6) is 0 Å². The Balaban J connectivity index is 1.72. The van der Waals surface area contributed by atoms with Crippen LogP contribution >= 0.6 is 0 Å². The Labute approximate surface area is 111 Å². The van der Waals surface area contributed by atoms with Crippen molar-refractivity contribution < 1.29 is 9.90 Å². The van der Waals surface area contributed by atoms with E-state index in [-0.39, 0.29) is 17.9 Å². The number of aliphatic hydroxyl groups is 1. The number of aromatic nitrogens is 1. The SMILES string of the molecule is O=C(Nc1c[nH]c2ccccc12)C1CCC(O)CC1. The Morgan fingerprint density at radius 1 is 1.21 bits per heavy atom. The number of nitrogens with one attached hydrogen (secondary N) is 2. The third kappa shape index (κ3) is 2.49. The second-order valence-corrected chi connectivity index (χ2v) is 5.24. The molecule has 1 aliphatic carbocycles. The van der Waals surface area contributed by atoms with Gasteiger partial charge in [-0.15, -0.1) is 0 Å². The van der Waals surface area contributed by atoms with E-state index in [0.29, 0.717) is 0 Å². The summed E-state index contributed by atoms with van der Waals surface area (Å²) in [5.74, 6) is 0.0914. The number of amides is 1. The molecule has 2 aromatic rings. The minimum Gasteiger partial charge on any atom is -0.393 e. The van der Waals surface area contributed by atoms with E-state index in [9.17, 15) is 9.90 Å². The fraction of sp³-hybridized carbons (Fsp3) is 0.400. The van der Waals surface area contributed by atoms with E-state index in [1.165, 1.54) is 0 Å². The zero-order valence-corrected chi connectivity index (χ0v) is 10.7. The van der Waals surface area contributed by atoms with Crippen molar-refractivity contribution in [1.82, 2.24) is 4.98 Å². The Morgan fingerprint density at radius 3 is 2.74 bits per heavy atom. The number of benzene rings is 1. The van der Waals surface area contributed by atoms with Gasteiger partial charge in [-0.2, -0.15) is 0 Å². The normalized spacial score (nSPS) is 23.4. The Bertz CT molecular complexity index is 583. The molecule has 1 fully saturated rings. The molecule has 4 heteroatoms. The van der Waals surface area contributed by atoms with E-state index in [2.05, 4.69) is 10.3 Å². The maximum Gasteiger partial charge on any atom is 0.227 e. The second kappa shape index (κ2) is 5.05. The molecule has 1 saturated carbocycles. The highest BCUT2D eigenvalue weighted by Gasteiger charge is 2.25. The van der Waals surface area contributed by atoms with Gasteiger partial charge in [0.05, 0.1) is 11.8 Å². The lowest BCUT2D eigenvalue weighted by Crippen LogP contribution is -2.28. The molecule has 0 spiro atoms. The number of hydrogen-bond donors (Lipinski definition) is 3. The van der Waals surface area contributed by atoms with Crippen molar-refractivity contribution in [2.24, 2.45) is 5.92 Å². The summed E-state index contributed by atoms with van der Waals surface area (Å²) in [7, 11) is 0. The number of rotatable bonds is 2. The Hall–Kier alpha value is -1.81. The van der Waals surface area contributed by atoms with Crippen LogP contribution in [0.15, 0.2) is 30.5 Å². The minimum atomic E-state index is -0.225. The number of carbonyl (C=O) groups excluding carboxylic acids is 1. The molecule has 3 N–H and O–H groups in total. The van der Waals surface area contributed by atoms with Crippen LogP contribution in [0.2, 0.25) is 0 Å². The number of anilines is 1. The van der Waals surface area contributed by atoms with Crippen molar-refractivity contribution in [3.63, 3.8) is 0 Å². The first-order valence-electron chi connectivity index (χ1n) is 6.79. The summed E-state index contributed by atoms with van der Waals surface area (Å²) in [6, 6.07) is 7.91. The summed E-state index contributed by atoms with van der Waals surface area (Å²) < 4.78 is 0. The molecular weight excluding hydrogens is 240 g/mol. The van der Waals surface area contributed by atoms with Gasteiger partial charge >= 0.3 is 0 Å². The lowest BCUT2D eigenvalue weighted by atomic mass is 9.87. The van der Waals surface area contributed by atoms with Gasteiger partial charge in [-0.1, -0.05) is 18.2 Å². The predicted octanol–water partition coefficient (Wildman–Crippen LogP) is 2.66. The molecule has 19 heavy (non-hydrogen) atoms. The zero-order chi connectivity index (χ0) is 13.2. The standard InChI is InChI=1S/C15H18N2O2/c18-11-7-5-10(6-8-11)15(19)17-14-9-16-13-4-2-1-3-12(13)14/h1-4,9-11,16,18H,5-8H2,(H,17,19). The molecule has 4 nitrogen and oxygen atoms in total. The van der Waals surface area contributed by atoms with Crippen LogP contribution in [0.25, 0.3) is 10.9 Å². The van der Waals surface area contributed by atoms with Crippen LogP contribution in [0.4, 0.5) is 5.69 Å².